The Kier molecular flexibility index (Phi) is 6.81. The first-order valence-corrected chi connectivity index (χ1v) is 10.1. The second-order valence-corrected chi connectivity index (χ2v) is 7.36. The highest BCUT2D eigenvalue weighted by Crippen LogP contribution is 2.34. The van der Waals surface area contributed by atoms with Crippen molar-refractivity contribution in [3.05, 3.63) is 48.0 Å². The van der Waals surface area contributed by atoms with Crippen molar-refractivity contribution in [2.75, 3.05) is 38.0 Å². The summed E-state index contributed by atoms with van der Waals surface area (Å²) in [6, 6.07) is 13.5. The van der Waals surface area contributed by atoms with E-state index in [4.69, 9.17) is 9.47 Å². The third-order valence-corrected chi connectivity index (χ3v) is 5.60. The van der Waals surface area contributed by atoms with Crippen molar-refractivity contribution in [1.29, 1.82) is 0 Å². The van der Waals surface area contributed by atoms with Gasteiger partial charge in [0.05, 0.1) is 25.7 Å². The number of anilines is 1. The lowest BCUT2D eigenvalue weighted by Crippen LogP contribution is -2.38. The van der Waals surface area contributed by atoms with Crippen LogP contribution in [0, 0.1) is 0 Å². The molecule has 1 N–H and O–H groups in total. The quantitative estimate of drug-likeness (QED) is 0.738. The molecule has 1 heterocycles. The van der Waals surface area contributed by atoms with Crippen molar-refractivity contribution in [3.63, 3.8) is 0 Å². The van der Waals surface area contributed by atoms with Crippen LogP contribution in [-0.4, -0.2) is 44.9 Å². The number of ether oxygens (including phenoxy) is 2. The minimum Gasteiger partial charge on any atom is -0.493 e. The normalized spacial score (nSPS) is 13.1. The highest BCUT2D eigenvalue weighted by atomic mass is 32.2. The molecule has 1 aliphatic rings. The molecule has 0 atom stereocenters. The van der Waals surface area contributed by atoms with E-state index >= 15 is 0 Å². The number of methoxy groups -OCH3 is 2. The Labute approximate surface area is 169 Å². The number of nitrogens with zero attached hydrogens (tertiary/aromatic N) is 1. The minimum atomic E-state index is -0.0658. The summed E-state index contributed by atoms with van der Waals surface area (Å²) in [5, 5.41) is 2.92. The number of carbonyl (C=O) groups excluding carboxylic acids is 2. The molecule has 6 nitrogen and oxygen atoms in total. The first-order valence-electron chi connectivity index (χ1n) is 9.12. The van der Waals surface area contributed by atoms with E-state index in [9.17, 15) is 9.59 Å². The van der Waals surface area contributed by atoms with E-state index < -0.39 is 0 Å². The van der Waals surface area contributed by atoms with Crippen LogP contribution in [0.15, 0.2) is 47.4 Å². The molecule has 2 aromatic rings. The van der Waals surface area contributed by atoms with Gasteiger partial charge in [0.1, 0.15) is 0 Å². The van der Waals surface area contributed by atoms with Crippen LogP contribution in [0.4, 0.5) is 5.69 Å². The average Bonchev–Trinajstić information content (AvgIpc) is 2.72. The molecule has 0 aromatic heterocycles. The van der Waals surface area contributed by atoms with E-state index in [2.05, 4.69) is 5.32 Å². The van der Waals surface area contributed by atoms with Gasteiger partial charge in [-0.2, -0.15) is 0 Å². The Morgan fingerprint density at radius 1 is 1.14 bits per heavy atom. The number of hydrogen-bond donors (Lipinski definition) is 1. The predicted octanol–water partition coefficient (Wildman–Crippen LogP) is 2.89. The van der Waals surface area contributed by atoms with Gasteiger partial charge in [0.25, 0.3) is 0 Å². The van der Waals surface area contributed by atoms with Crippen LogP contribution < -0.4 is 19.7 Å². The lowest BCUT2D eigenvalue weighted by atomic mass is 10.1. The largest absolute Gasteiger partial charge is 0.493 e. The van der Waals surface area contributed by atoms with Crippen molar-refractivity contribution < 1.29 is 19.1 Å². The summed E-state index contributed by atoms with van der Waals surface area (Å²) < 4.78 is 10.5. The molecule has 2 amide bonds. The molecule has 0 saturated carbocycles. The van der Waals surface area contributed by atoms with Crippen LogP contribution in [0.25, 0.3) is 0 Å². The molecule has 0 radical (unpaired) electrons. The molecule has 0 spiro atoms. The maximum absolute atomic E-state index is 12.2. The predicted molar refractivity (Wildman–Crippen MR) is 110 cm³/mol. The van der Waals surface area contributed by atoms with Gasteiger partial charge in [-0.05, 0) is 36.2 Å². The summed E-state index contributed by atoms with van der Waals surface area (Å²) in [6.45, 7) is 0.910. The van der Waals surface area contributed by atoms with Gasteiger partial charge >= 0.3 is 0 Å². The zero-order valence-electron chi connectivity index (χ0n) is 16.1. The molecule has 1 aliphatic heterocycles. The average molecular weight is 401 g/mol. The van der Waals surface area contributed by atoms with Crippen molar-refractivity contribution in [1.82, 2.24) is 5.32 Å². The molecule has 7 heteroatoms. The summed E-state index contributed by atoms with van der Waals surface area (Å²) in [5.74, 6) is 1.75. The second-order valence-electron chi connectivity index (χ2n) is 6.34. The van der Waals surface area contributed by atoms with Gasteiger partial charge in [0, 0.05) is 24.4 Å². The minimum absolute atomic E-state index is 0.0434. The van der Waals surface area contributed by atoms with Crippen molar-refractivity contribution in [2.45, 2.75) is 17.7 Å². The van der Waals surface area contributed by atoms with Crippen LogP contribution in [0.5, 0.6) is 11.5 Å². The first kappa shape index (κ1) is 20.1. The number of nitrogens with one attached hydrogen (secondary N) is 1. The number of para-hydroxylation sites is 1. The number of hydrogen-bond acceptors (Lipinski definition) is 5. The smallest absolute Gasteiger partial charge is 0.237 e. The Hall–Kier alpha value is -2.67. The van der Waals surface area contributed by atoms with Gasteiger partial charge in [-0.15, -0.1) is 11.8 Å². The fourth-order valence-electron chi connectivity index (χ4n) is 3.08. The standard InChI is InChI=1S/C21H24N2O4S/c1-26-17-8-7-15(13-18(17)27-2)9-11-22-20(24)10-12-23-16-5-3-4-6-19(16)28-14-21(23)25/h3-8,13H,9-12,14H2,1-2H3,(H,22,24). The van der Waals surface area contributed by atoms with E-state index in [1.54, 1.807) is 30.9 Å². The maximum Gasteiger partial charge on any atom is 0.237 e. The van der Waals surface area contributed by atoms with Gasteiger partial charge in [-0.1, -0.05) is 18.2 Å². The van der Waals surface area contributed by atoms with E-state index in [0.717, 1.165) is 16.1 Å². The number of rotatable bonds is 8. The van der Waals surface area contributed by atoms with Gasteiger partial charge in [-0.3, -0.25) is 9.59 Å². The van der Waals surface area contributed by atoms with Gasteiger partial charge < -0.3 is 19.7 Å². The molecule has 0 fully saturated rings. The molecule has 28 heavy (non-hydrogen) atoms. The number of carbonyl (C=O) groups is 2. The molecule has 0 aliphatic carbocycles. The van der Waals surface area contributed by atoms with Crippen molar-refractivity contribution in [3.8, 4) is 11.5 Å². The van der Waals surface area contributed by atoms with Crippen LogP contribution in [0.1, 0.15) is 12.0 Å². The Bertz CT molecular complexity index is 856. The van der Waals surface area contributed by atoms with E-state index in [1.807, 2.05) is 42.5 Å². The zero-order chi connectivity index (χ0) is 19.9. The van der Waals surface area contributed by atoms with Crippen molar-refractivity contribution in [2.24, 2.45) is 0 Å². The van der Waals surface area contributed by atoms with Crippen LogP contribution in [0.2, 0.25) is 0 Å². The topological polar surface area (TPSA) is 67.9 Å². The van der Waals surface area contributed by atoms with Gasteiger partial charge in [0.2, 0.25) is 11.8 Å². The van der Waals surface area contributed by atoms with E-state index in [0.29, 0.717) is 36.8 Å². The highest BCUT2D eigenvalue weighted by Gasteiger charge is 2.24. The summed E-state index contributed by atoms with van der Waals surface area (Å²) in [7, 11) is 3.20. The third kappa shape index (κ3) is 4.78. The highest BCUT2D eigenvalue weighted by molar-refractivity contribution is 8.00. The zero-order valence-corrected chi connectivity index (χ0v) is 16.9. The van der Waals surface area contributed by atoms with Crippen LogP contribution in [-0.2, 0) is 16.0 Å². The lowest BCUT2D eigenvalue weighted by molar-refractivity contribution is -0.121. The van der Waals surface area contributed by atoms with E-state index in [-0.39, 0.29) is 18.2 Å². The third-order valence-electron chi connectivity index (χ3n) is 4.55. The number of benzene rings is 2. The number of thioether (sulfide) groups is 1. The molecular weight excluding hydrogens is 376 g/mol. The van der Waals surface area contributed by atoms with E-state index in [1.165, 1.54) is 0 Å². The summed E-state index contributed by atoms with van der Waals surface area (Å²) in [6.07, 6.45) is 0.963. The monoisotopic (exact) mass is 400 g/mol. The summed E-state index contributed by atoms with van der Waals surface area (Å²) >= 11 is 1.54. The number of amides is 2. The molecule has 3 rings (SSSR count). The molecule has 0 saturated heterocycles. The molecular formula is C21H24N2O4S. The fraction of sp³-hybridized carbons (Fsp3) is 0.333. The second kappa shape index (κ2) is 9.50. The molecule has 0 unspecified atom stereocenters. The van der Waals surface area contributed by atoms with Gasteiger partial charge in [0.15, 0.2) is 11.5 Å². The molecule has 148 valence electrons. The first-order chi connectivity index (χ1) is 13.6. The summed E-state index contributed by atoms with van der Waals surface area (Å²) in [5.41, 5.74) is 1.94. The maximum atomic E-state index is 12.2. The summed E-state index contributed by atoms with van der Waals surface area (Å²) in [4.78, 5) is 27.2. The SMILES string of the molecule is COc1ccc(CCNC(=O)CCN2C(=O)CSc3ccccc32)cc1OC. The van der Waals surface area contributed by atoms with Gasteiger partial charge in [-0.25, -0.2) is 0 Å². The van der Waals surface area contributed by atoms with Crippen molar-refractivity contribution >= 4 is 29.3 Å². The Morgan fingerprint density at radius 2 is 1.93 bits per heavy atom. The lowest BCUT2D eigenvalue weighted by Gasteiger charge is -2.28. The van der Waals surface area contributed by atoms with Crippen LogP contribution in [0.3, 0.4) is 0 Å². The Balaban J connectivity index is 1.48. The molecule has 0 bridgehead atoms. The van der Waals surface area contributed by atoms with Crippen LogP contribution >= 0.6 is 11.8 Å². The Morgan fingerprint density at radius 3 is 2.71 bits per heavy atom. The fourth-order valence-corrected chi connectivity index (χ4v) is 4.02. The molecule has 2 aromatic carbocycles. The number of fused-ring (bicyclic) bond motifs is 1.